The molecule has 4 aliphatic carbocycles. The fourth-order valence-electron chi connectivity index (χ4n) is 7.47. The number of hydrogen-bond acceptors (Lipinski definition) is 3. The van der Waals surface area contributed by atoms with Gasteiger partial charge in [-0.3, -0.25) is 4.79 Å². The van der Waals surface area contributed by atoms with Crippen LogP contribution < -0.4 is 0 Å². The predicted octanol–water partition coefficient (Wildman–Crippen LogP) is 4.59. The van der Waals surface area contributed by atoms with Gasteiger partial charge in [-0.15, -0.1) is 0 Å². The van der Waals surface area contributed by atoms with E-state index in [2.05, 4.69) is 33.1 Å². The molecular formula is C22H32O2S. The molecule has 0 bridgehead atoms. The van der Waals surface area contributed by atoms with Gasteiger partial charge < -0.3 is 5.11 Å². The lowest BCUT2D eigenvalue weighted by atomic mass is 9.46. The van der Waals surface area contributed by atoms with Crippen molar-refractivity contribution in [3.8, 4) is 0 Å². The molecule has 0 spiro atoms. The number of rotatable bonds is 2. The molecule has 0 radical (unpaired) electrons. The highest BCUT2D eigenvalue weighted by Crippen LogP contribution is 2.67. The van der Waals surface area contributed by atoms with E-state index in [-0.39, 0.29) is 22.7 Å². The fraction of sp³-hybridized carbons (Fsp3) is 0.773. The van der Waals surface area contributed by atoms with Crippen LogP contribution in [0.25, 0.3) is 0 Å². The van der Waals surface area contributed by atoms with Gasteiger partial charge in [0.1, 0.15) is 0 Å². The maximum absolute atomic E-state index is 11.9. The number of allylic oxidation sites excluding steroid dienone is 1. The summed E-state index contributed by atoms with van der Waals surface area (Å²) in [6, 6.07) is 0. The van der Waals surface area contributed by atoms with Gasteiger partial charge in [-0.2, -0.15) is 12.6 Å². The standard InChI is InChI=1S/C22H32O2S/c1-13(12-25)17-6-7-18-16-5-4-14-10-15(23)8-9-21(14,2)20(16)19(24)11-22(17,18)3/h10,16-20,24-25H,1,4-9,11-12H2,2-3H3/t16-,17+,18-,19-,20+,21-,22+/m0/s1. The zero-order chi connectivity index (χ0) is 18.0. The first kappa shape index (κ1) is 17.9. The Hall–Kier alpha value is -0.540. The Balaban J connectivity index is 1.70. The lowest BCUT2D eigenvalue weighted by molar-refractivity contribution is -0.131. The molecule has 0 aromatic rings. The van der Waals surface area contributed by atoms with E-state index in [9.17, 15) is 9.90 Å². The second-order valence-corrected chi connectivity index (χ2v) is 9.93. The van der Waals surface area contributed by atoms with E-state index < -0.39 is 0 Å². The van der Waals surface area contributed by atoms with Gasteiger partial charge >= 0.3 is 0 Å². The molecule has 3 fully saturated rings. The first-order valence-corrected chi connectivity index (χ1v) is 10.6. The van der Waals surface area contributed by atoms with E-state index in [0.29, 0.717) is 30.1 Å². The molecule has 0 aromatic heterocycles. The van der Waals surface area contributed by atoms with E-state index >= 15 is 0 Å². The summed E-state index contributed by atoms with van der Waals surface area (Å²) in [5.41, 5.74) is 2.77. The van der Waals surface area contributed by atoms with E-state index in [1.807, 2.05) is 6.08 Å². The molecule has 7 atom stereocenters. The molecule has 138 valence electrons. The molecule has 0 aliphatic heterocycles. The molecule has 0 amide bonds. The number of aliphatic hydroxyl groups is 1. The third kappa shape index (κ3) is 2.45. The predicted molar refractivity (Wildman–Crippen MR) is 105 cm³/mol. The largest absolute Gasteiger partial charge is 0.393 e. The quantitative estimate of drug-likeness (QED) is 0.558. The van der Waals surface area contributed by atoms with Crippen molar-refractivity contribution in [1.29, 1.82) is 0 Å². The normalized spacial score (nSPS) is 49.0. The molecule has 25 heavy (non-hydrogen) atoms. The summed E-state index contributed by atoms with van der Waals surface area (Å²) in [5.74, 6) is 3.13. The van der Waals surface area contributed by atoms with Crippen LogP contribution in [0.15, 0.2) is 23.8 Å². The van der Waals surface area contributed by atoms with E-state index in [1.54, 1.807) is 0 Å². The van der Waals surface area contributed by atoms with E-state index in [4.69, 9.17) is 0 Å². The Bertz CT molecular complexity index is 638. The fourth-order valence-corrected chi connectivity index (χ4v) is 7.69. The van der Waals surface area contributed by atoms with Gasteiger partial charge in [-0.05, 0) is 79.1 Å². The maximum Gasteiger partial charge on any atom is 0.155 e. The van der Waals surface area contributed by atoms with Crippen LogP contribution in [0.3, 0.4) is 0 Å². The van der Waals surface area contributed by atoms with Crippen LogP contribution >= 0.6 is 12.6 Å². The minimum atomic E-state index is -0.263. The number of ketones is 1. The van der Waals surface area contributed by atoms with Gasteiger partial charge in [-0.25, -0.2) is 0 Å². The SMILES string of the molecule is C=C(CS)[C@H]1CC[C@H]2[C@@H]3CCC4=CC(=O)CC[C@]4(C)[C@H]3[C@@H](O)C[C@]12C. The molecule has 0 heterocycles. The molecule has 1 N–H and O–H groups in total. The number of thiol groups is 1. The summed E-state index contributed by atoms with van der Waals surface area (Å²) in [7, 11) is 0. The number of hydrogen-bond donors (Lipinski definition) is 2. The summed E-state index contributed by atoms with van der Waals surface area (Å²) in [4.78, 5) is 11.9. The molecule has 2 nitrogen and oxygen atoms in total. The number of aliphatic hydroxyl groups excluding tert-OH is 1. The Morgan fingerprint density at radius 2 is 2.08 bits per heavy atom. The van der Waals surface area contributed by atoms with Gasteiger partial charge in [0, 0.05) is 12.2 Å². The molecule has 4 aliphatic rings. The summed E-state index contributed by atoms with van der Waals surface area (Å²) < 4.78 is 0. The van der Waals surface area contributed by atoms with Crippen molar-refractivity contribution < 1.29 is 9.90 Å². The lowest BCUT2D eigenvalue weighted by Gasteiger charge is -2.60. The van der Waals surface area contributed by atoms with Gasteiger partial charge in [0.15, 0.2) is 5.78 Å². The van der Waals surface area contributed by atoms with Crippen LogP contribution in [-0.4, -0.2) is 22.7 Å². The molecule has 0 unspecified atom stereocenters. The van der Waals surface area contributed by atoms with Crippen molar-refractivity contribution >= 4 is 18.4 Å². The van der Waals surface area contributed by atoms with Gasteiger partial charge in [0.25, 0.3) is 0 Å². The Morgan fingerprint density at radius 3 is 2.80 bits per heavy atom. The van der Waals surface area contributed by atoms with Gasteiger partial charge in [0.05, 0.1) is 6.10 Å². The minimum absolute atomic E-state index is 0.0240. The third-order valence-corrected chi connectivity index (χ3v) is 9.00. The Kier molecular flexibility index (Phi) is 4.28. The van der Waals surface area contributed by atoms with Crippen molar-refractivity contribution in [2.75, 3.05) is 5.75 Å². The van der Waals surface area contributed by atoms with Crippen molar-refractivity contribution in [1.82, 2.24) is 0 Å². The highest BCUT2D eigenvalue weighted by molar-refractivity contribution is 7.80. The van der Waals surface area contributed by atoms with Crippen LogP contribution in [0, 0.1) is 34.5 Å². The first-order chi connectivity index (χ1) is 11.8. The summed E-state index contributed by atoms with van der Waals surface area (Å²) in [5, 5.41) is 11.3. The topological polar surface area (TPSA) is 37.3 Å². The monoisotopic (exact) mass is 360 g/mol. The first-order valence-electron chi connectivity index (χ1n) is 10.0. The molecule has 3 heteroatoms. The second kappa shape index (κ2) is 5.99. The van der Waals surface area contributed by atoms with Crippen LogP contribution in [-0.2, 0) is 4.79 Å². The zero-order valence-corrected chi connectivity index (χ0v) is 16.5. The highest BCUT2D eigenvalue weighted by atomic mass is 32.1. The summed E-state index contributed by atoms with van der Waals surface area (Å²) >= 11 is 4.48. The van der Waals surface area contributed by atoms with Crippen LogP contribution in [0.5, 0.6) is 0 Å². The molecule has 4 rings (SSSR count). The van der Waals surface area contributed by atoms with Crippen LogP contribution in [0.4, 0.5) is 0 Å². The number of fused-ring (bicyclic) bond motifs is 5. The van der Waals surface area contributed by atoms with Crippen molar-refractivity contribution in [2.24, 2.45) is 34.5 Å². The van der Waals surface area contributed by atoms with E-state index in [0.717, 1.165) is 31.4 Å². The average Bonchev–Trinajstić information content (AvgIpc) is 2.91. The number of carbonyl (C=O) groups excluding carboxylic acids is 1. The van der Waals surface area contributed by atoms with Crippen LogP contribution in [0.2, 0.25) is 0 Å². The molecule has 0 aromatic carbocycles. The highest BCUT2D eigenvalue weighted by Gasteiger charge is 2.62. The van der Waals surface area contributed by atoms with Crippen molar-refractivity contribution in [2.45, 2.75) is 64.9 Å². The maximum atomic E-state index is 11.9. The van der Waals surface area contributed by atoms with Crippen molar-refractivity contribution in [3.05, 3.63) is 23.8 Å². The van der Waals surface area contributed by atoms with Crippen LogP contribution in [0.1, 0.15) is 58.8 Å². The minimum Gasteiger partial charge on any atom is -0.393 e. The molecule has 3 saturated carbocycles. The Labute approximate surface area is 157 Å². The number of carbonyl (C=O) groups is 1. The summed E-state index contributed by atoms with van der Waals surface area (Å²) in [6.07, 6.45) is 8.75. The molecular weight excluding hydrogens is 328 g/mol. The summed E-state index contributed by atoms with van der Waals surface area (Å²) in [6.45, 7) is 9.03. The average molecular weight is 361 g/mol. The van der Waals surface area contributed by atoms with Gasteiger partial charge in [0.2, 0.25) is 0 Å². The third-order valence-electron chi connectivity index (χ3n) is 8.59. The van der Waals surface area contributed by atoms with E-state index in [1.165, 1.54) is 24.0 Å². The molecule has 0 saturated heterocycles. The zero-order valence-electron chi connectivity index (χ0n) is 15.6. The van der Waals surface area contributed by atoms with Gasteiger partial charge in [-0.1, -0.05) is 31.6 Å². The van der Waals surface area contributed by atoms with Crippen molar-refractivity contribution in [3.63, 3.8) is 0 Å². The lowest BCUT2D eigenvalue weighted by Crippen LogP contribution is -2.56. The smallest absolute Gasteiger partial charge is 0.155 e. The second-order valence-electron chi connectivity index (χ2n) is 9.61. The Morgan fingerprint density at radius 1 is 1.32 bits per heavy atom.